The molecule has 0 saturated carbocycles. The van der Waals surface area contributed by atoms with Crippen LogP contribution in [0, 0.1) is 13.8 Å². The lowest BCUT2D eigenvalue weighted by molar-refractivity contribution is 0.0912. The average Bonchev–Trinajstić information content (AvgIpc) is 2.75. The van der Waals surface area contributed by atoms with E-state index in [0.29, 0.717) is 11.3 Å². The first-order valence-electron chi connectivity index (χ1n) is 6.11. The number of carbonyl (C=O) groups excluding carboxylic acids is 2. The van der Waals surface area contributed by atoms with Crippen LogP contribution in [0.5, 0.6) is 5.75 Å². The topological polar surface area (TPSA) is 69.4 Å². The number of ether oxygens (including phenoxy) is 1. The minimum atomic E-state index is -0.574. The molecule has 1 aromatic carbocycles. The Labute approximate surface area is 121 Å². The van der Waals surface area contributed by atoms with Gasteiger partial charge in [-0.3, -0.25) is 9.59 Å². The molecule has 0 saturated heterocycles. The standard InChI is InChI=1S/C15H15NO3S/c1-9-7-12(10(2)20-9)13(17)8-19-14-6-4-3-5-11(14)15(16)18/h3-7H,8H2,1-2H3,(H2,16,18). The van der Waals surface area contributed by atoms with E-state index in [4.69, 9.17) is 10.5 Å². The van der Waals surface area contributed by atoms with Gasteiger partial charge < -0.3 is 10.5 Å². The molecule has 0 radical (unpaired) electrons. The molecule has 1 aromatic heterocycles. The maximum atomic E-state index is 12.1. The van der Waals surface area contributed by atoms with E-state index in [9.17, 15) is 9.59 Å². The van der Waals surface area contributed by atoms with Gasteiger partial charge in [-0.2, -0.15) is 0 Å². The van der Waals surface area contributed by atoms with Crippen LogP contribution < -0.4 is 10.5 Å². The molecule has 1 heterocycles. The minimum Gasteiger partial charge on any atom is -0.485 e. The van der Waals surface area contributed by atoms with Crippen LogP contribution in [0.4, 0.5) is 0 Å². The maximum absolute atomic E-state index is 12.1. The Morgan fingerprint density at radius 2 is 1.90 bits per heavy atom. The Bertz CT molecular complexity index is 661. The first kappa shape index (κ1) is 14.3. The zero-order valence-electron chi connectivity index (χ0n) is 11.3. The quantitative estimate of drug-likeness (QED) is 0.860. The van der Waals surface area contributed by atoms with Crippen molar-refractivity contribution in [2.24, 2.45) is 5.73 Å². The number of rotatable bonds is 5. The summed E-state index contributed by atoms with van der Waals surface area (Å²) in [7, 11) is 0. The van der Waals surface area contributed by atoms with Crippen molar-refractivity contribution in [3.63, 3.8) is 0 Å². The highest BCUT2D eigenvalue weighted by Gasteiger charge is 2.14. The Morgan fingerprint density at radius 3 is 2.50 bits per heavy atom. The molecule has 0 unspecified atom stereocenters. The van der Waals surface area contributed by atoms with Crippen molar-refractivity contribution >= 4 is 23.0 Å². The molecule has 0 fully saturated rings. The van der Waals surface area contributed by atoms with E-state index in [-0.39, 0.29) is 18.0 Å². The van der Waals surface area contributed by atoms with Crippen LogP contribution in [-0.4, -0.2) is 18.3 Å². The van der Waals surface area contributed by atoms with Crippen LogP contribution in [0.15, 0.2) is 30.3 Å². The average molecular weight is 289 g/mol. The van der Waals surface area contributed by atoms with Gasteiger partial charge in [-0.05, 0) is 32.0 Å². The molecule has 0 aliphatic heterocycles. The predicted molar refractivity (Wildman–Crippen MR) is 78.6 cm³/mol. The van der Waals surface area contributed by atoms with Crippen molar-refractivity contribution in [2.75, 3.05) is 6.61 Å². The van der Waals surface area contributed by atoms with E-state index < -0.39 is 5.91 Å². The fraction of sp³-hybridized carbons (Fsp3) is 0.200. The fourth-order valence-electron chi connectivity index (χ4n) is 1.92. The van der Waals surface area contributed by atoms with Crippen molar-refractivity contribution in [1.82, 2.24) is 0 Å². The highest BCUT2D eigenvalue weighted by atomic mass is 32.1. The number of hydrogen-bond acceptors (Lipinski definition) is 4. The monoisotopic (exact) mass is 289 g/mol. The lowest BCUT2D eigenvalue weighted by atomic mass is 10.1. The van der Waals surface area contributed by atoms with Gasteiger partial charge in [0.1, 0.15) is 5.75 Å². The van der Waals surface area contributed by atoms with Gasteiger partial charge >= 0.3 is 0 Å². The van der Waals surface area contributed by atoms with Crippen molar-refractivity contribution in [3.05, 3.63) is 51.2 Å². The summed E-state index contributed by atoms with van der Waals surface area (Å²) in [6.45, 7) is 3.75. The van der Waals surface area contributed by atoms with E-state index >= 15 is 0 Å². The van der Waals surface area contributed by atoms with Gasteiger partial charge in [0.05, 0.1) is 5.56 Å². The molecule has 1 amide bonds. The molecule has 0 aliphatic rings. The number of primary amides is 1. The largest absolute Gasteiger partial charge is 0.485 e. The van der Waals surface area contributed by atoms with Crippen molar-refractivity contribution in [2.45, 2.75) is 13.8 Å². The SMILES string of the molecule is Cc1cc(C(=O)COc2ccccc2C(N)=O)c(C)s1. The summed E-state index contributed by atoms with van der Waals surface area (Å²) in [5.74, 6) is -0.348. The molecular weight excluding hydrogens is 274 g/mol. The molecule has 2 rings (SSSR count). The molecule has 20 heavy (non-hydrogen) atoms. The second-order valence-electron chi connectivity index (χ2n) is 4.40. The first-order chi connectivity index (χ1) is 9.49. The van der Waals surface area contributed by atoms with E-state index in [0.717, 1.165) is 9.75 Å². The molecule has 104 valence electrons. The molecule has 0 spiro atoms. The number of nitrogens with two attached hydrogens (primary N) is 1. The van der Waals surface area contributed by atoms with E-state index in [2.05, 4.69) is 0 Å². The normalized spacial score (nSPS) is 10.3. The molecule has 2 aromatic rings. The van der Waals surface area contributed by atoms with Crippen LogP contribution in [0.25, 0.3) is 0 Å². The van der Waals surface area contributed by atoms with Crippen LogP contribution in [-0.2, 0) is 0 Å². The summed E-state index contributed by atoms with van der Waals surface area (Å²) in [6.07, 6.45) is 0. The molecule has 0 aliphatic carbocycles. The second-order valence-corrected chi connectivity index (χ2v) is 5.86. The number of carbonyl (C=O) groups is 2. The van der Waals surface area contributed by atoms with Crippen molar-refractivity contribution < 1.29 is 14.3 Å². The zero-order chi connectivity index (χ0) is 14.7. The van der Waals surface area contributed by atoms with E-state index in [1.165, 1.54) is 0 Å². The minimum absolute atomic E-state index is 0.105. The number of benzene rings is 1. The lowest BCUT2D eigenvalue weighted by Crippen LogP contribution is -2.16. The number of aryl methyl sites for hydroxylation is 2. The first-order valence-corrected chi connectivity index (χ1v) is 6.92. The second kappa shape index (κ2) is 5.88. The Hall–Kier alpha value is -2.14. The number of para-hydroxylation sites is 1. The zero-order valence-corrected chi connectivity index (χ0v) is 12.1. The number of hydrogen-bond donors (Lipinski definition) is 1. The third-order valence-corrected chi connectivity index (χ3v) is 3.82. The van der Waals surface area contributed by atoms with Gasteiger partial charge in [0, 0.05) is 15.3 Å². The van der Waals surface area contributed by atoms with Crippen molar-refractivity contribution in [1.29, 1.82) is 0 Å². The van der Waals surface area contributed by atoms with E-state index in [1.807, 2.05) is 19.9 Å². The van der Waals surface area contributed by atoms with Crippen LogP contribution in [0.1, 0.15) is 30.5 Å². The number of Topliss-reactive ketones (excluding diaryl/α,β-unsaturated/α-hetero) is 1. The summed E-state index contributed by atoms with van der Waals surface area (Å²) >= 11 is 1.58. The highest BCUT2D eigenvalue weighted by Crippen LogP contribution is 2.22. The van der Waals surface area contributed by atoms with Gasteiger partial charge in [0.15, 0.2) is 6.61 Å². The van der Waals surface area contributed by atoms with Crippen LogP contribution >= 0.6 is 11.3 Å². The van der Waals surface area contributed by atoms with Gasteiger partial charge in [0.25, 0.3) is 5.91 Å². The summed E-state index contributed by atoms with van der Waals surface area (Å²) in [5, 5.41) is 0. The van der Waals surface area contributed by atoms with Gasteiger partial charge in [0.2, 0.25) is 5.78 Å². The maximum Gasteiger partial charge on any atom is 0.252 e. The third kappa shape index (κ3) is 3.05. The smallest absolute Gasteiger partial charge is 0.252 e. The summed E-state index contributed by atoms with van der Waals surface area (Å²) < 4.78 is 5.43. The fourth-order valence-corrected chi connectivity index (χ4v) is 2.87. The number of thiophene rings is 1. The molecule has 4 nitrogen and oxygen atoms in total. The third-order valence-electron chi connectivity index (χ3n) is 2.85. The molecule has 2 N–H and O–H groups in total. The highest BCUT2D eigenvalue weighted by molar-refractivity contribution is 7.12. The Kier molecular flexibility index (Phi) is 4.20. The molecule has 0 atom stereocenters. The number of ketones is 1. The lowest BCUT2D eigenvalue weighted by Gasteiger charge is -2.08. The molecule has 0 bridgehead atoms. The number of amides is 1. The summed E-state index contributed by atoms with van der Waals surface area (Å²) in [6, 6.07) is 8.47. The Balaban J connectivity index is 2.11. The van der Waals surface area contributed by atoms with Crippen LogP contribution in [0.3, 0.4) is 0 Å². The van der Waals surface area contributed by atoms with Crippen LogP contribution in [0.2, 0.25) is 0 Å². The Morgan fingerprint density at radius 1 is 1.20 bits per heavy atom. The summed E-state index contributed by atoms with van der Waals surface area (Å²) in [5.41, 5.74) is 6.20. The predicted octanol–water partition coefficient (Wildman–Crippen LogP) is 2.73. The van der Waals surface area contributed by atoms with E-state index in [1.54, 1.807) is 35.6 Å². The molecule has 5 heteroatoms. The summed E-state index contributed by atoms with van der Waals surface area (Å²) in [4.78, 5) is 25.4. The van der Waals surface area contributed by atoms with Gasteiger partial charge in [-0.15, -0.1) is 11.3 Å². The van der Waals surface area contributed by atoms with Crippen molar-refractivity contribution in [3.8, 4) is 5.75 Å². The van der Waals surface area contributed by atoms with Gasteiger partial charge in [-0.1, -0.05) is 12.1 Å². The van der Waals surface area contributed by atoms with Gasteiger partial charge in [-0.25, -0.2) is 0 Å². The molecular formula is C15H15NO3S.